The largest absolute Gasteiger partial charge is 0.385 e. The van der Waals surface area contributed by atoms with Crippen molar-refractivity contribution in [2.24, 2.45) is 16.7 Å². The minimum Gasteiger partial charge on any atom is -0.385 e. The molecule has 2 fully saturated rings. The predicted octanol–water partition coefficient (Wildman–Crippen LogP) is 4.72. The van der Waals surface area contributed by atoms with Crippen LogP contribution in [0.1, 0.15) is 46.5 Å². The van der Waals surface area contributed by atoms with E-state index in [0.717, 1.165) is 25.5 Å². The van der Waals surface area contributed by atoms with Gasteiger partial charge >= 0.3 is 0 Å². The highest BCUT2D eigenvalue weighted by atomic mass is 16.5. The Morgan fingerprint density at radius 1 is 1.19 bits per heavy atom. The average molecular weight is 287 g/mol. The lowest BCUT2D eigenvalue weighted by molar-refractivity contribution is -0.0463. The molecule has 0 radical (unpaired) electrons. The zero-order chi connectivity index (χ0) is 14.9. The third-order valence-corrected chi connectivity index (χ3v) is 6.46. The molecule has 2 aliphatic rings. The van der Waals surface area contributed by atoms with Crippen molar-refractivity contribution in [3.8, 4) is 0 Å². The lowest BCUT2D eigenvalue weighted by Crippen LogP contribution is -2.37. The van der Waals surface area contributed by atoms with Crippen LogP contribution in [0.25, 0.3) is 0 Å². The van der Waals surface area contributed by atoms with Crippen LogP contribution in [0.5, 0.6) is 0 Å². The van der Waals surface area contributed by atoms with Crippen LogP contribution in [0.2, 0.25) is 0 Å². The first-order chi connectivity index (χ1) is 10.0. The molecule has 3 unspecified atom stereocenters. The van der Waals surface area contributed by atoms with Gasteiger partial charge in [0.2, 0.25) is 0 Å². The predicted molar refractivity (Wildman–Crippen MR) is 88.5 cm³/mol. The number of benzene rings is 1. The fourth-order valence-electron chi connectivity index (χ4n) is 4.47. The van der Waals surface area contributed by atoms with Gasteiger partial charge in [-0.3, -0.25) is 0 Å². The minimum atomic E-state index is 0.393. The summed E-state index contributed by atoms with van der Waals surface area (Å²) in [5, 5.41) is 3.45. The van der Waals surface area contributed by atoms with Crippen LogP contribution in [0.3, 0.4) is 0 Å². The molecule has 21 heavy (non-hydrogen) atoms. The van der Waals surface area contributed by atoms with Gasteiger partial charge in [0.1, 0.15) is 0 Å². The van der Waals surface area contributed by atoms with Gasteiger partial charge in [-0.2, -0.15) is 0 Å². The molecule has 2 bridgehead atoms. The van der Waals surface area contributed by atoms with Gasteiger partial charge in [0, 0.05) is 18.8 Å². The fraction of sp³-hybridized carbons (Fsp3) is 0.684. The first kappa shape index (κ1) is 14.9. The molecule has 1 aromatic carbocycles. The van der Waals surface area contributed by atoms with Crippen LogP contribution in [0, 0.1) is 16.7 Å². The van der Waals surface area contributed by atoms with Gasteiger partial charge in [-0.05, 0) is 54.6 Å². The van der Waals surface area contributed by atoms with Crippen molar-refractivity contribution in [1.29, 1.82) is 0 Å². The lowest BCUT2D eigenvalue weighted by Gasteiger charge is -2.39. The molecule has 3 atom stereocenters. The quantitative estimate of drug-likeness (QED) is 0.764. The van der Waals surface area contributed by atoms with E-state index < -0.39 is 0 Å². The van der Waals surface area contributed by atoms with Gasteiger partial charge in [-0.1, -0.05) is 39.0 Å². The molecular weight excluding hydrogens is 258 g/mol. The molecule has 0 spiro atoms. The Hall–Kier alpha value is -1.02. The molecule has 0 amide bonds. The van der Waals surface area contributed by atoms with Crippen molar-refractivity contribution in [2.45, 2.75) is 52.6 Å². The Balaban J connectivity index is 1.41. The molecule has 2 aliphatic carbocycles. The summed E-state index contributed by atoms with van der Waals surface area (Å²) in [4.78, 5) is 0. The summed E-state index contributed by atoms with van der Waals surface area (Å²) < 4.78 is 6.27. The summed E-state index contributed by atoms with van der Waals surface area (Å²) >= 11 is 0. The number of anilines is 1. The second kappa shape index (κ2) is 5.64. The highest BCUT2D eigenvalue weighted by Crippen LogP contribution is 2.66. The summed E-state index contributed by atoms with van der Waals surface area (Å²) in [7, 11) is 0. The van der Waals surface area contributed by atoms with Crippen molar-refractivity contribution in [2.75, 3.05) is 18.5 Å². The zero-order valence-corrected chi connectivity index (χ0v) is 13.7. The van der Waals surface area contributed by atoms with Crippen molar-refractivity contribution >= 4 is 5.69 Å². The van der Waals surface area contributed by atoms with Crippen LogP contribution in [-0.2, 0) is 4.74 Å². The first-order valence-electron chi connectivity index (χ1n) is 8.44. The Morgan fingerprint density at radius 2 is 1.95 bits per heavy atom. The minimum absolute atomic E-state index is 0.393. The maximum absolute atomic E-state index is 6.27. The summed E-state index contributed by atoms with van der Waals surface area (Å²) in [6, 6.07) is 10.4. The van der Waals surface area contributed by atoms with E-state index in [0.29, 0.717) is 16.9 Å². The number of nitrogens with one attached hydrogen (secondary N) is 1. The molecular formula is C19H29NO. The van der Waals surface area contributed by atoms with Crippen molar-refractivity contribution in [3.63, 3.8) is 0 Å². The maximum atomic E-state index is 6.27. The van der Waals surface area contributed by atoms with E-state index >= 15 is 0 Å². The summed E-state index contributed by atoms with van der Waals surface area (Å²) in [5.74, 6) is 0.870. The molecule has 0 aliphatic heterocycles. The molecule has 116 valence electrons. The molecule has 2 saturated carbocycles. The van der Waals surface area contributed by atoms with E-state index in [9.17, 15) is 0 Å². The summed E-state index contributed by atoms with van der Waals surface area (Å²) in [5.41, 5.74) is 2.05. The van der Waals surface area contributed by atoms with Gasteiger partial charge in [-0.25, -0.2) is 0 Å². The van der Waals surface area contributed by atoms with Crippen LogP contribution < -0.4 is 5.32 Å². The topological polar surface area (TPSA) is 21.3 Å². The summed E-state index contributed by atoms with van der Waals surface area (Å²) in [6.07, 6.45) is 5.57. The van der Waals surface area contributed by atoms with Crippen molar-refractivity contribution < 1.29 is 4.74 Å². The number of fused-ring (bicyclic) bond motifs is 2. The highest BCUT2D eigenvalue weighted by Gasteiger charge is 2.61. The molecule has 0 heterocycles. The molecule has 0 aromatic heterocycles. The van der Waals surface area contributed by atoms with Gasteiger partial charge < -0.3 is 10.1 Å². The van der Waals surface area contributed by atoms with Gasteiger partial charge in [0.15, 0.2) is 0 Å². The Morgan fingerprint density at radius 3 is 2.57 bits per heavy atom. The van der Waals surface area contributed by atoms with Crippen molar-refractivity contribution in [1.82, 2.24) is 0 Å². The molecule has 0 saturated heterocycles. The second-order valence-electron chi connectivity index (χ2n) is 7.62. The van der Waals surface area contributed by atoms with Gasteiger partial charge in [0.05, 0.1) is 6.10 Å². The van der Waals surface area contributed by atoms with E-state index in [-0.39, 0.29) is 0 Å². The molecule has 2 nitrogen and oxygen atoms in total. The standard InChI is InChI=1S/C19H29NO/c1-18(2)15-10-11-19(18,3)17(14-15)21-13-7-12-20-16-8-5-4-6-9-16/h4-6,8-9,15,17,20H,7,10-14H2,1-3H3. The smallest absolute Gasteiger partial charge is 0.0636 e. The van der Waals surface area contributed by atoms with Crippen LogP contribution >= 0.6 is 0 Å². The van der Waals surface area contributed by atoms with Crippen LogP contribution in [0.15, 0.2) is 30.3 Å². The maximum Gasteiger partial charge on any atom is 0.0636 e. The summed E-state index contributed by atoms with van der Waals surface area (Å²) in [6.45, 7) is 9.21. The monoisotopic (exact) mass is 287 g/mol. The van der Waals surface area contributed by atoms with E-state index in [2.05, 4.69) is 50.4 Å². The molecule has 1 N–H and O–H groups in total. The number of ether oxygens (including phenoxy) is 1. The van der Waals surface area contributed by atoms with E-state index in [1.807, 2.05) is 6.07 Å². The van der Waals surface area contributed by atoms with E-state index in [1.54, 1.807) is 0 Å². The Kier molecular flexibility index (Phi) is 4.00. The second-order valence-corrected chi connectivity index (χ2v) is 7.62. The Labute approximate surface area is 129 Å². The molecule has 3 rings (SSSR count). The molecule has 2 heteroatoms. The highest BCUT2D eigenvalue weighted by molar-refractivity contribution is 5.42. The lowest BCUT2D eigenvalue weighted by atomic mass is 9.70. The third-order valence-electron chi connectivity index (χ3n) is 6.46. The average Bonchev–Trinajstić information content (AvgIpc) is 2.81. The number of rotatable bonds is 6. The molecule has 1 aromatic rings. The fourth-order valence-corrected chi connectivity index (χ4v) is 4.47. The number of para-hydroxylation sites is 1. The third kappa shape index (κ3) is 2.59. The van der Waals surface area contributed by atoms with Gasteiger partial charge in [-0.15, -0.1) is 0 Å². The Bertz CT molecular complexity index is 470. The van der Waals surface area contributed by atoms with Crippen molar-refractivity contribution in [3.05, 3.63) is 30.3 Å². The number of hydrogen-bond donors (Lipinski definition) is 1. The van der Waals surface area contributed by atoms with Crippen LogP contribution in [0.4, 0.5) is 5.69 Å². The first-order valence-corrected chi connectivity index (χ1v) is 8.44. The number of hydrogen-bond acceptors (Lipinski definition) is 2. The van der Waals surface area contributed by atoms with Crippen LogP contribution in [-0.4, -0.2) is 19.3 Å². The van der Waals surface area contributed by atoms with E-state index in [1.165, 1.54) is 24.9 Å². The van der Waals surface area contributed by atoms with Gasteiger partial charge in [0.25, 0.3) is 0 Å². The SMILES string of the molecule is CC1(C)C2CCC1(C)C(OCCCNc1ccccc1)C2. The zero-order valence-electron chi connectivity index (χ0n) is 13.7. The van der Waals surface area contributed by atoms with E-state index in [4.69, 9.17) is 4.74 Å². The normalized spacial score (nSPS) is 33.3.